The highest BCUT2D eigenvalue weighted by Gasteiger charge is 2.22. The predicted molar refractivity (Wildman–Crippen MR) is 73.3 cm³/mol. The zero-order valence-electron chi connectivity index (χ0n) is 10.8. The lowest BCUT2D eigenvalue weighted by molar-refractivity contribution is 0.104. The van der Waals surface area contributed by atoms with E-state index in [0.29, 0.717) is 0 Å². The topological polar surface area (TPSA) is 23.5 Å². The molecule has 1 aliphatic rings. The summed E-state index contributed by atoms with van der Waals surface area (Å²) in [5, 5.41) is 12.1. The van der Waals surface area contributed by atoms with E-state index in [0.717, 1.165) is 29.7 Å². The monoisotopic (exact) mass is 253 g/mol. The van der Waals surface area contributed by atoms with Gasteiger partial charge >= 0.3 is 0 Å². The number of nitrogens with zero attached hydrogens (tertiary/aromatic N) is 1. The number of piperidine rings is 1. The van der Waals surface area contributed by atoms with Crippen molar-refractivity contribution in [3.05, 3.63) is 22.4 Å². The molecule has 2 nitrogen and oxygen atoms in total. The quantitative estimate of drug-likeness (QED) is 0.891. The molecule has 0 aliphatic carbocycles. The van der Waals surface area contributed by atoms with Gasteiger partial charge in [0, 0.05) is 24.5 Å². The molecule has 1 fully saturated rings. The number of aliphatic hydroxyl groups excluding tert-OH is 1. The van der Waals surface area contributed by atoms with E-state index >= 15 is 0 Å². The van der Waals surface area contributed by atoms with Crippen molar-refractivity contribution in [2.24, 2.45) is 11.8 Å². The van der Waals surface area contributed by atoms with E-state index in [1.807, 2.05) is 17.5 Å². The van der Waals surface area contributed by atoms with Crippen LogP contribution < -0.4 is 0 Å². The van der Waals surface area contributed by atoms with E-state index in [1.54, 1.807) is 11.3 Å². The van der Waals surface area contributed by atoms with Crippen molar-refractivity contribution in [2.45, 2.75) is 32.8 Å². The summed E-state index contributed by atoms with van der Waals surface area (Å²) < 4.78 is 0. The Hall–Kier alpha value is -0.380. The summed E-state index contributed by atoms with van der Waals surface area (Å²) in [6, 6.07) is 4.03. The number of likely N-dealkylation sites (tertiary alicyclic amines) is 1. The van der Waals surface area contributed by atoms with Gasteiger partial charge in [-0.25, -0.2) is 0 Å². The zero-order valence-corrected chi connectivity index (χ0v) is 11.6. The van der Waals surface area contributed by atoms with Gasteiger partial charge in [0.1, 0.15) is 0 Å². The Balaban J connectivity index is 1.78. The molecule has 1 aliphatic heterocycles. The highest BCUT2D eigenvalue weighted by Crippen LogP contribution is 2.25. The van der Waals surface area contributed by atoms with Crippen LogP contribution in [0, 0.1) is 11.8 Å². The molecule has 1 aromatic heterocycles. The van der Waals surface area contributed by atoms with Gasteiger partial charge in [-0.2, -0.15) is 0 Å². The molecule has 0 amide bonds. The molecule has 3 atom stereocenters. The summed E-state index contributed by atoms with van der Waals surface area (Å²) in [6.45, 7) is 8.08. The fraction of sp³-hybridized carbons (Fsp3) is 0.714. The SMILES string of the molecule is CC1CC(C)CN(CCC(O)c2cccs2)C1. The number of rotatable bonds is 4. The van der Waals surface area contributed by atoms with Gasteiger partial charge in [0.05, 0.1) is 6.10 Å². The molecule has 1 saturated heterocycles. The lowest BCUT2D eigenvalue weighted by Gasteiger charge is -2.35. The van der Waals surface area contributed by atoms with Gasteiger partial charge in [0.25, 0.3) is 0 Å². The van der Waals surface area contributed by atoms with Crippen molar-refractivity contribution >= 4 is 11.3 Å². The third-order valence-electron chi connectivity index (χ3n) is 3.53. The first-order valence-corrected chi connectivity index (χ1v) is 7.47. The van der Waals surface area contributed by atoms with Crippen LogP contribution in [-0.2, 0) is 0 Å². The van der Waals surface area contributed by atoms with E-state index in [4.69, 9.17) is 0 Å². The molecular weight excluding hydrogens is 230 g/mol. The van der Waals surface area contributed by atoms with E-state index < -0.39 is 0 Å². The molecule has 1 aromatic rings. The summed E-state index contributed by atoms with van der Waals surface area (Å²) in [7, 11) is 0. The van der Waals surface area contributed by atoms with Gasteiger partial charge in [-0.05, 0) is 36.1 Å². The second kappa shape index (κ2) is 5.98. The third-order valence-corrected chi connectivity index (χ3v) is 4.51. The maximum Gasteiger partial charge on any atom is 0.0894 e. The third kappa shape index (κ3) is 3.80. The van der Waals surface area contributed by atoms with Crippen LogP contribution in [0.4, 0.5) is 0 Å². The van der Waals surface area contributed by atoms with Crippen LogP contribution in [0.25, 0.3) is 0 Å². The second-order valence-corrected chi connectivity index (χ2v) is 6.50. The second-order valence-electron chi connectivity index (χ2n) is 5.53. The molecule has 0 spiro atoms. The number of thiophene rings is 1. The zero-order chi connectivity index (χ0) is 12.3. The minimum atomic E-state index is -0.275. The molecule has 3 unspecified atom stereocenters. The minimum absolute atomic E-state index is 0.275. The summed E-state index contributed by atoms with van der Waals surface area (Å²) in [5.74, 6) is 1.61. The molecule has 0 saturated carbocycles. The van der Waals surface area contributed by atoms with Crippen LogP contribution in [0.2, 0.25) is 0 Å². The van der Waals surface area contributed by atoms with E-state index in [-0.39, 0.29) is 6.10 Å². The summed E-state index contributed by atoms with van der Waals surface area (Å²) >= 11 is 1.65. The van der Waals surface area contributed by atoms with Crippen molar-refractivity contribution < 1.29 is 5.11 Å². The Labute approximate surface area is 108 Å². The van der Waals surface area contributed by atoms with Crippen LogP contribution in [0.3, 0.4) is 0 Å². The highest BCUT2D eigenvalue weighted by atomic mass is 32.1. The van der Waals surface area contributed by atoms with Crippen LogP contribution in [0.1, 0.15) is 37.7 Å². The van der Waals surface area contributed by atoms with Crippen LogP contribution in [0.15, 0.2) is 17.5 Å². The highest BCUT2D eigenvalue weighted by molar-refractivity contribution is 7.10. The normalized spacial score (nSPS) is 28.2. The standard InChI is InChI=1S/C14H23NOS/c1-11-8-12(2)10-15(9-11)6-5-13(16)14-4-3-7-17-14/h3-4,7,11-13,16H,5-6,8-10H2,1-2H3. The molecule has 17 heavy (non-hydrogen) atoms. The Bertz CT molecular complexity index is 315. The van der Waals surface area contributed by atoms with Crippen LogP contribution >= 0.6 is 11.3 Å². The molecule has 0 aromatic carbocycles. The fourth-order valence-corrected chi connectivity index (χ4v) is 3.65. The van der Waals surface area contributed by atoms with Crippen molar-refractivity contribution in [3.63, 3.8) is 0 Å². The largest absolute Gasteiger partial charge is 0.388 e. The minimum Gasteiger partial charge on any atom is -0.388 e. The average Bonchev–Trinajstić information content (AvgIpc) is 2.78. The Kier molecular flexibility index (Phi) is 4.60. The summed E-state index contributed by atoms with van der Waals surface area (Å²) in [4.78, 5) is 3.61. The lowest BCUT2D eigenvalue weighted by Crippen LogP contribution is -2.39. The van der Waals surface area contributed by atoms with Crippen LogP contribution in [0.5, 0.6) is 0 Å². The molecule has 96 valence electrons. The molecule has 0 bridgehead atoms. The first kappa shape index (κ1) is 13.1. The smallest absolute Gasteiger partial charge is 0.0894 e. The molecular formula is C14H23NOS. The van der Waals surface area contributed by atoms with Crippen molar-refractivity contribution in [2.75, 3.05) is 19.6 Å². The molecule has 3 heteroatoms. The predicted octanol–water partition coefficient (Wildman–Crippen LogP) is 3.15. The Morgan fingerprint density at radius 3 is 2.71 bits per heavy atom. The van der Waals surface area contributed by atoms with E-state index in [9.17, 15) is 5.11 Å². The number of aliphatic hydroxyl groups is 1. The van der Waals surface area contributed by atoms with Gasteiger partial charge in [0.2, 0.25) is 0 Å². The van der Waals surface area contributed by atoms with Crippen molar-refractivity contribution in [1.82, 2.24) is 4.90 Å². The average molecular weight is 253 g/mol. The maximum absolute atomic E-state index is 10.1. The van der Waals surface area contributed by atoms with E-state index in [2.05, 4.69) is 18.7 Å². The molecule has 0 radical (unpaired) electrons. The first-order chi connectivity index (χ1) is 8.15. The number of hydrogen-bond donors (Lipinski definition) is 1. The Morgan fingerprint density at radius 1 is 1.41 bits per heavy atom. The van der Waals surface area contributed by atoms with Gasteiger partial charge in [-0.15, -0.1) is 11.3 Å². The first-order valence-electron chi connectivity index (χ1n) is 6.59. The maximum atomic E-state index is 10.1. The molecule has 2 rings (SSSR count). The number of hydrogen-bond acceptors (Lipinski definition) is 3. The van der Waals surface area contributed by atoms with Crippen molar-refractivity contribution in [3.8, 4) is 0 Å². The van der Waals surface area contributed by atoms with Gasteiger partial charge in [-0.1, -0.05) is 19.9 Å². The molecule has 2 heterocycles. The van der Waals surface area contributed by atoms with Crippen LogP contribution in [-0.4, -0.2) is 29.6 Å². The van der Waals surface area contributed by atoms with Gasteiger partial charge in [-0.3, -0.25) is 0 Å². The van der Waals surface area contributed by atoms with Gasteiger partial charge in [0.15, 0.2) is 0 Å². The van der Waals surface area contributed by atoms with E-state index in [1.165, 1.54) is 19.5 Å². The Morgan fingerprint density at radius 2 is 2.12 bits per heavy atom. The summed E-state index contributed by atoms with van der Waals surface area (Å²) in [5.41, 5.74) is 0. The molecule has 1 N–H and O–H groups in total. The van der Waals surface area contributed by atoms with Crippen molar-refractivity contribution in [1.29, 1.82) is 0 Å². The lowest BCUT2D eigenvalue weighted by atomic mass is 9.92. The summed E-state index contributed by atoms with van der Waals surface area (Å²) in [6.07, 6.45) is 1.94. The fourth-order valence-electron chi connectivity index (χ4n) is 2.90. The van der Waals surface area contributed by atoms with Gasteiger partial charge < -0.3 is 10.0 Å².